The molecule has 0 saturated heterocycles. The summed E-state index contributed by atoms with van der Waals surface area (Å²) in [5.41, 5.74) is 5.97. The molecule has 0 unspecified atom stereocenters. The molecule has 0 aliphatic heterocycles. The number of aryl methyl sites for hydroxylation is 2. The second-order valence-corrected chi connectivity index (χ2v) is 6.24. The monoisotopic (exact) mass is 317 g/mol. The smallest absolute Gasteiger partial charge is 0.0484 e. The molecule has 0 amide bonds. The Morgan fingerprint density at radius 2 is 1.81 bits per heavy atom. The van der Waals surface area contributed by atoms with Gasteiger partial charge < -0.3 is 0 Å². The molecule has 3 rings (SSSR count). The van der Waals surface area contributed by atoms with E-state index in [2.05, 4.69) is 25.1 Å². The summed E-state index contributed by atoms with van der Waals surface area (Å²) in [5.74, 6) is 0. The fraction of sp³-hybridized carbons (Fsp3) is 0.278. The lowest BCUT2D eigenvalue weighted by molar-refractivity contribution is 0.855. The van der Waals surface area contributed by atoms with Crippen molar-refractivity contribution in [3.63, 3.8) is 0 Å². The number of nitrogens with zero attached hydrogens (tertiary/aromatic N) is 1. The maximum atomic E-state index is 6.22. The van der Waals surface area contributed by atoms with Gasteiger partial charge >= 0.3 is 0 Å². The lowest BCUT2D eigenvalue weighted by Gasteiger charge is -2.15. The van der Waals surface area contributed by atoms with Gasteiger partial charge in [0.2, 0.25) is 0 Å². The molecule has 3 heteroatoms. The average molecular weight is 318 g/mol. The zero-order valence-corrected chi connectivity index (χ0v) is 13.5. The Bertz CT molecular complexity index is 684. The van der Waals surface area contributed by atoms with Crippen molar-refractivity contribution in [2.45, 2.75) is 32.6 Å². The Kier molecular flexibility index (Phi) is 4.32. The van der Waals surface area contributed by atoms with Gasteiger partial charge in [0.15, 0.2) is 0 Å². The predicted molar refractivity (Wildman–Crippen MR) is 90.1 cm³/mol. The zero-order chi connectivity index (χ0) is 14.8. The fourth-order valence-electron chi connectivity index (χ4n) is 2.79. The fourth-order valence-corrected chi connectivity index (χ4v) is 3.38. The molecule has 0 radical (unpaired) electrons. The molecular weight excluding hydrogens is 301 g/mol. The minimum Gasteiger partial charge on any atom is -0.257 e. The molecule has 1 aliphatic carbocycles. The van der Waals surface area contributed by atoms with E-state index >= 15 is 0 Å². The number of hydrogen-bond acceptors (Lipinski definition) is 1. The highest BCUT2D eigenvalue weighted by atomic mass is 35.5. The summed E-state index contributed by atoms with van der Waals surface area (Å²) in [7, 11) is 0. The van der Waals surface area contributed by atoms with Crippen molar-refractivity contribution >= 4 is 28.8 Å². The number of benzene rings is 1. The van der Waals surface area contributed by atoms with Gasteiger partial charge in [-0.3, -0.25) is 4.98 Å². The number of aromatic nitrogens is 1. The Morgan fingerprint density at radius 3 is 2.57 bits per heavy atom. The van der Waals surface area contributed by atoms with Gasteiger partial charge in [-0.25, -0.2) is 0 Å². The molecule has 0 bridgehead atoms. The first-order chi connectivity index (χ1) is 10.1. The predicted octanol–water partition coefficient (Wildman–Crippen LogP) is 5.52. The number of fused-ring (bicyclic) bond motifs is 1. The van der Waals surface area contributed by atoms with Gasteiger partial charge in [0, 0.05) is 21.4 Å². The Balaban J connectivity index is 1.79. The minimum absolute atomic E-state index is 0.735. The Labute approximate surface area is 135 Å². The SMILES string of the molecule is CC1=CCCc2nc(CCc3c(Cl)cccc3Cl)ccc21. The highest BCUT2D eigenvalue weighted by molar-refractivity contribution is 6.35. The second-order valence-electron chi connectivity index (χ2n) is 5.42. The quantitative estimate of drug-likeness (QED) is 0.726. The van der Waals surface area contributed by atoms with Crippen molar-refractivity contribution in [1.29, 1.82) is 0 Å². The number of pyridine rings is 1. The van der Waals surface area contributed by atoms with Crippen LogP contribution in [0.25, 0.3) is 5.57 Å². The third-order valence-corrected chi connectivity index (χ3v) is 4.69. The molecular formula is C18H17Cl2N. The van der Waals surface area contributed by atoms with Crippen LogP contribution in [-0.4, -0.2) is 4.98 Å². The van der Waals surface area contributed by atoms with Crippen LogP contribution in [0, 0.1) is 0 Å². The van der Waals surface area contributed by atoms with Gasteiger partial charge in [0.1, 0.15) is 0 Å². The van der Waals surface area contributed by atoms with Crippen LogP contribution < -0.4 is 0 Å². The Hall–Kier alpha value is -1.31. The third-order valence-electron chi connectivity index (χ3n) is 3.98. The molecule has 2 aromatic rings. The minimum atomic E-state index is 0.735. The van der Waals surface area contributed by atoms with E-state index in [0.29, 0.717) is 0 Å². The van der Waals surface area contributed by atoms with Crippen LogP contribution >= 0.6 is 23.2 Å². The molecule has 108 valence electrons. The van der Waals surface area contributed by atoms with Crippen LogP contribution in [0.4, 0.5) is 0 Å². The zero-order valence-electron chi connectivity index (χ0n) is 12.0. The van der Waals surface area contributed by atoms with E-state index in [1.807, 2.05) is 18.2 Å². The van der Waals surface area contributed by atoms with Crippen LogP contribution in [0.3, 0.4) is 0 Å². The summed E-state index contributed by atoms with van der Waals surface area (Å²) in [6, 6.07) is 9.96. The Morgan fingerprint density at radius 1 is 1.05 bits per heavy atom. The van der Waals surface area contributed by atoms with Crippen LogP contribution in [0.1, 0.15) is 35.9 Å². The van der Waals surface area contributed by atoms with E-state index in [-0.39, 0.29) is 0 Å². The van der Waals surface area contributed by atoms with Crippen LogP contribution in [0.2, 0.25) is 10.0 Å². The molecule has 1 aromatic heterocycles. The molecule has 0 N–H and O–H groups in total. The van der Waals surface area contributed by atoms with Crippen LogP contribution in [0.5, 0.6) is 0 Å². The topological polar surface area (TPSA) is 12.9 Å². The van der Waals surface area contributed by atoms with Crippen molar-refractivity contribution in [2.75, 3.05) is 0 Å². The highest BCUT2D eigenvalue weighted by Gasteiger charge is 2.12. The maximum Gasteiger partial charge on any atom is 0.0484 e. The van der Waals surface area contributed by atoms with Crippen molar-refractivity contribution in [1.82, 2.24) is 4.98 Å². The van der Waals surface area contributed by atoms with E-state index in [1.54, 1.807) is 0 Å². The molecule has 1 aromatic carbocycles. The lowest BCUT2D eigenvalue weighted by Crippen LogP contribution is -2.05. The normalized spacial score (nSPS) is 13.8. The van der Waals surface area contributed by atoms with Crippen molar-refractivity contribution in [3.05, 3.63) is 69.0 Å². The number of rotatable bonds is 3. The summed E-state index contributed by atoms with van der Waals surface area (Å²) >= 11 is 12.4. The molecule has 1 heterocycles. The number of allylic oxidation sites excluding steroid dienone is 2. The number of halogens is 2. The molecule has 1 aliphatic rings. The molecule has 0 fully saturated rings. The average Bonchev–Trinajstić information content (AvgIpc) is 2.47. The van der Waals surface area contributed by atoms with Gasteiger partial charge in [-0.15, -0.1) is 0 Å². The van der Waals surface area contributed by atoms with Crippen LogP contribution in [0.15, 0.2) is 36.4 Å². The first kappa shape index (κ1) is 14.6. The van der Waals surface area contributed by atoms with E-state index in [4.69, 9.17) is 28.2 Å². The maximum absolute atomic E-state index is 6.22. The molecule has 21 heavy (non-hydrogen) atoms. The van der Waals surface area contributed by atoms with Gasteiger partial charge in [-0.1, -0.05) is 41.4 Å². The summed E-state index contributed by atoms with van der Waals surface area (Å²) < 4.78 is 0. The summed E-state index contributed by atoms with van der Waals surface area (Å²) in [6.45, 7) is 2.16. The van der Waals surface area contributed by atoms with E-state index in [1.165, 1.54) is 16.8 Å². The summed E-state index contributed by atoms with van der Waals surface area (Å²) in [5, 5.41) is 1.47. The van der Waals surface area contributed by atoms with Gasteiger partial charge in [-0.2, -0.15) is 0 Å². The van der Waals surface area contributed by atoms with Gasteiger partial charge in [-0.05, 0) is 67.5 Å². The van der Waals surface area contributed by atoms with Gasteiger partial charge in [0.25, 0.3) is 0 Å². The van der Waals surface area contributed by atoms with E-state index in [0.717, 1.165) is 47.0 Å². The second kappa shape index (κ2) is 6.21. The third kappa shape index (κ3) is 3.14. The lowest BCUT2D eigenvalue weighted by atomic mass is 9.95. The standard InChI is InChI=1S/C18H17Cl2N/c1-12-4-2-7-18-14(12)10-8-13(21-18)9-11-15-16(19)5-3-6-17(15)20/h3-6,8,10H,2,7,9,11H2,1H3. The van der Waals surface area contributed by atoms with Crippen LogP contribution in [-0.2, 0) is 19.3 Å². The van der Waals surface area contributed by atoms with E-state index < -0.39 is 0 Å². The highest BCUT2D eigenvalue weighted by Crippen LogP contribution is 2.27. The molecule has 0 spiro atoms. The number of hydrogen-bond donors (Lipinski definition) is 0. The molecule has 0 atom stereocenters. The summed E-state index contributed by atoms with van der Waals surface area (Å²) in [4.78, 5) is 4.81. The molecule has 1 nitrogen and oxygen atoms in total. The van der Waals surface area contributed by atoms with Crippen molar-refractivity contribution < 1.29 is 0 Å². The first-order valence-electron chi connectivity index (χ1n) is 7.24. The van der Waals surface area contributed by atoms with E-state index in [9.17, 15) is 0 Å². The largest absolute Gasteiger partial charge is 0.257 e. The van der Waals surface area contributed by atoms with Gasteiger partial charge in [0.05, 0.1) is 0 Å². The van der Waals surface area contributed by atoms with Crippen molar-refractivity contribution in [2.24, 2.45) is 0 Å². The molecule has 0 saturated carbocycles. The summed E-state index contributed by atoms with van der Waals surface area (Å²) in [6.07, 6.45) is 6.09. The first-order valence-corrected chi connectivity index (χ1v) is 7.99. The van der Waals surface area contributed by atoms with Crippen molar-refractivity contribution in [3.8, 4) is 0 Å².